The van der Waals surface area contributed by atoms with Gasteiger partial charge in [0.15, 0.2) is 0 Å². The van der Waals surface area contributed by atoms with Crippen molar-refractivity contribution >= 4 is 65.4 Å². The molecule has 0 radical (unpaired) electrons. The first-order valence-electron chi connectivity index (χ1n) is 18.9. The van der Waals surface area contributed by atoms with E-state index in [9.17, 15) is 0 Å². The van der Waals surface area contributed by atoms with Gasteiger partial charge in [0.25, 0.3) is 0 Å². The molecule has 0 aliphatic carbocycles. The molecule has 0 aliphatic heterocycles. The minimum atomic E-state index is 0. The molecule has 0 bridgehead atoms. The molecule has 0 atom stereocenters. The monoisotopic (exact) mass is 954 g/mol. The van der Waals surface area contributed by atoms with Crippen LogP contribution in [0.5, 0.6) is 0 Å². The normalized spacial score (nSPS) is 10.4. The van der Waals surface area contributed by atoms with E-state index < -0.39 is 0 Å². The Balaban J connectivity index is 0.000000120. The Bertz CT molecular complexity index is 2920. The first-order chi connectivity index (χ1) is 28.8. The third-order valence-electron chi connectivity index (χ3n) is 9.69. The summed E-state index contributed by atoms with van der Waals surface area (Å²) < 4.78 is 0. The van der Waals surface area contributed by atoms with Gasteiger partial charge in [0.05, 0.1) is 0 Å². The third kappa shape index (κ3) is 9.14. The van der Waals surface area contributed by atoms with Gasteiger partial charge in [-0.1, -0.05) is 145 Å². The number of rotatable bonds is 2. The standard InChI is InChI=1S/2C15H10N.2C11H7N2.2Pd/c2*1-2-7-13(8-3-1)15-14-9-5-4-6-12(14)10-11-16-15;2*1-2-6-10-8(4-1)9-5-3-7-12-11(9)13-10;;/h2*1-7,9-11H;2*1-7H;;/q4*-1;2*+2. The molecule has 12 aromatic rings. The summed E-state index contributed by atoms with van der Waals surface area (Å²) in [6.07, 6.45) is 7.24. The van der Waals surface area contributed by atoms with Crippen LogP contribution in [0.15, 0.2) is 207 Å². The molecule has 0 fully saturated rings. The maximum absolute atomic E-state index is 4.45. The zero-order valence-electron chi connectivity index (χ0n) is 31.9. The first-order valence-corrected chi connectivity index (χ1v) is 18.9. The maximum atomic E-state index is 4.45. The number of hydrogen-bond donors (Lipinski definition) is 0. The molecule has 6 heterocycles. The van der Waals surface area contributed by atoms with E-state index in [0.717, 1.165) is 55.6 Å². The van der Waals surface area contributed by atoms with Crippen molar-refractivity contribution in [3.8, 4) is 22.5 Å². The van der Waals surface area contributed by atoms with Crippen molar-refractivity contribution in [2.24, 2.45) is 0 Å². The molecule has 8 heteroatoms. The van der Waals surface area contributed by atoms with E-state index in [0.29, 0.717) is 0 Å². The Kier molecular flexibility index (Phi) is 13.8. The Labute approximate surface area is 375 Å². The number of hydrogen-bond acceptors (Lipinski definition) is 4. The van der Waals surface area contributed by atoms with Crippen molar-refractivity contribution in [3.05, 3.63) is 219 Å². The predicted octanol–water partition coefficient (Wildman–Crippen LogP) is 12.1. The van der Waals surface area contributed by atoms with Crippen LogP contribution in [0.2, 0.25) is 0 Å². The summed E-state index contributed by atoms with van der Waals surface area (Å²) in [5.74, 6) is 0. The van der Waals surface area contributed by atoms with E-state index in [1.807, 2.05) is 146 Å². The summed E-state index contributed by atoms with van der Waals surface area (Å²) >= 11 is 0. The summed E-state index contributed by atoms with van der Waals surface area (Å²) in [5, 5.41) is 9.42. The quantitative estimate of drug-likeness (QED) is 0.127. The minimum Gasteiger partial charge on any atom is -0.442 e. The van der Waals surface area contributed by atoms with E-state index in [4.69, 9.17) is 0 Å². The molecule has 0 unspecified atom stereocenters. The van der Waals surface area contributed by atoms with E-state index in [-0.39, 0.29) is 40.8 Å². The van der Waals surface area contributed by atoms with Crippen molar-refractivity contribution in [1.29, 1.82) is 0 Å². The van der Waals surface area contributed by atoms with Crippen LogP contribution in [0, 0.1) is 12.1 Å². The summed E-state index contributed by atoms with van der Waals surface area (Å²) in [6, 6.07) is 67.1. The fraction of sp³-hybridized carbons (Fsp3) is 0. The Morgan fingerprint density at radius 3 is 1.13 bits per heavy atom. The minimum absolute atomic E-state index is 0. The van der Waals surface area contributed by atoms with E-state index >= 15 is 0 Å². The molecule has 0 N–H and O–H groups in total. The molecular formula is C52H34N6Pd2. The van der Waals surface area contributed by atoms with Gasteiger partial charge in [0.1, 0.15) is 0 Å². The van der Waals surface area contributed by atoms with Gasteiger partial charge in [0, 0.05) is 12.4 Å². The average Bonchev–Trinajstić information content (AvgIpc) is 3.89. The maximum Gasteiger partial charge on any atom is 2.00 e. The Hall–Kier alpha value is -6.64. The molecule has 6 aromatic heterocycles. The second-order valence-electron chi connectivity index (χ2n) is 13.3. The van der Waals surface area contributed by atoms with Gasteiger partial charge in [-0.25, -0.2) is 0 Å². The average molecular weight is 956 g/mol. The zero-order chi connectivity index (χ0) is 38.9. The molecule has 292 valence electrons. The molecule has 0 amide bonds. The SMILES string of the molecule is [Pd+2].[Pd+2].[c-]1ccccc1-c1nccc2ccccc12.[c-]1ccccc1-c1nccc2ccccc12.c1ccc2c(c1)[n-]c1ncccc12.c1ccc2c(c1)[n-]c1ncccc12. The number of aromatic nitrogens is 6. The molecule has 6 nitrogen and oxygen atoms in total. The first kappa shape index (κ1) is 41.5. The van der Waals surface area contributed by atoms with Gasteiger partial charge in [0.2, 0.25) is 0 Å². The van der Waals surface area contributed by atoms with Crippen LogP contribution in [-0.2, 0) is 40.8 Å². The van der Waals surface area contributed by atoms with Crippen molar-refractivity contribution in [1.82, 2.24) is 29.9 Å². The Morgan fingerprint density at radius 1 is 0.317 bits per heavy atom. The predicted molar refractivity (Wildman–Crippen MR) is 237 cm³/mol. The molecule has 0 spiro atoms. The summed E-state index contributed by atoms with van der Waals surface area (Å²) in [5.41, 5.74) is 7.80. The van der Waals surface area contributed by atoms with Crippen LogP contribution in [0.1, 0.15) is 0 Å². The van der Waals surface area contributed by atoms with Crippen LogP contribution in [0.4, 0.5) is 0 Å². The smallest absolute Gasteiger partial charge is 0.442 e. The molecule has 6 aromatic carbocycles. The van der Waals surface area contributed by atoms with Crippen LogP contribution in [0.25, 0.3) is 87.9 Å². The fourth-order valence-electron chi connectivity index (χ4n) is 6.97. The van der Waals surface area contributed by atoms with Gasteiger partial charge in [-0.3, -0.25) is 0 Å². The van der Waals surface area contributed by atoms with E-state index in [1.54, 1.807) is 12.4 Å². The van der Waals surface area contributed by atoms with Crippen LogP contribution in [-0.4, -0.2) is 19.9 Å². The summed E-state index contributed by atoms with van der Waals surface area (Å²) in [7, 11) is 0. The fourth-order valence-corrected chi connectivity index (χ4v) is 6.97. The Morgan fingerprint density at radius 2 is 0.700 bits per heavy atom. The van der Waals surface area contributed by atoms with Gasteiger partial charge < -0.3 is 29.9 Å². The van der Waals surface area contributed by atoms with E-state index in [2.05, 4.69) is 90.6 Å². The van der Waals surface area contributed by atoms with Crippen LogP contribution < -0.4 is 9.97 Å². The van der Waals surface area contributed by atoms with Crippen LogP contribution >= 0.6 is 0 Å². The van der Waals surface area contributed by atoms with Crippen molar-refractivity contribution in [2.45, 2.75) is 0 Å². The second kappa shape index (κ2) is 19.9. The van der Waals surface area contributed by atoms with Gasteiger partial charge in [-0.2, -0.15) is 0 Å². The van der Waals surface area contributed by atoms with Crippen molar-refractivity contribution < 1.29 is 40.8 Å². The summed E-state index contributed by atoms with van der Waals surface area (Å²) in [4.78, 5) is 26.1. The molecule has 0 aliphatic rings. The van der Waals surface area contributed by atoms with E-state index in [1.165, 1.54) is 32.3 Å². The van der Waals surface area contributed by atoms with Crippen LogP contribution in [0.3, 0.4) is 0 Å². The van der Waals surface area contributed by atoms with Gasteiger partial charge in [-0.05, 0) is 77.6 Å². The number of fused-ring (bicyclic) bond motifs is 8. The zero-order valence-corrected chi connectivity index (χ0v) is 35.1. The summed E-state index contributed by atoms with van der Waals surface area (Å²) in [6.45, 7) is 0. The van der Waals surface area contributed by atoms with Gasteiger partial charge >= 0.3 is 40.8 Å². The largest absolute Gasteiger partial charge is 2.00 e. The number of pyridine rings is 4. The van der Waals surface area contributed by atoms with Gasteiger partial charge in [-0.15, -0.1) is 71.8 Å². The molecule has 0 saturated carbocycles. The molecule has 0 saturated heterocycles. The molecule has 60 heavy (non-hydrogen) atoms. The topological polar surface area (TPSA) is 79.8 Å². The van der Waals surface area contributed by atoms with Crippen molar-refractivity contribution in [2.75, 3.05) is 0 Å². The third-order valence-corrected chi connectivity index (χ3v) is 9.69. The number of para-hydroxylation sites is 2. The second-order valence-corrected chi connectivity index (χ2v) is 13.3. The molecular weight excluding hydrogens is 921 g/mol. The molecule has 12 rings (SSSR count). The number of benzene rings is 6. The van der Waals surface area contributed by atoms with Crippen molar-refractivity contribution in [3.63, 3.8) is 0 Å². The number of nitrogens with zero attached hydrogens (tertiary/aromatic N) is 6.